The van der Waals surface area contributed by atoms with Crippen LogP contribution in [0.3, 0.4) is 0 Å². The molecule has 158 valence electrons. The molecule has 0 radical (unpaired) electrons. The molecule has 1 aliphatic heterocycles. The maximum Gasteiger partial charge on any atom is 0.514 e. The smallest absolute Gasteiger partial charge is 0.430 e. The van der Waals surface area contributed by atoms with Gasteiger partial charge in [-0.3, -0.25) is 4.79 Å². The fraction of sp³-hybridized carbons (Fsp3) is 0.333. The zero-order valence-corrected chi connectivity index (χ0v) is 17.5. The van der Waals surface area contributed by atoms with Crippen LogP contribution in [0.4, 0.5) is 10.5 Å². The fourth-order valence-electron chi connectivity index (χ4n) is 3.74. The number of anilines is 1. The van der Waals surface area contributed by atoms with Crippen LogP contribution < -0.4 is 15.4 Å². The minimum absolute atomic E-state index is 0.0817. The van der Waals surface area contributed by atoms with Crippen molar-refractivity contribution in [1.82, 2.24) is 0 Å². The second kappa shape index (κ2) is 9.59. The van der Waals surface area contributed by atoms with Gasteiger partial charge in [0.1, 0.15) is 12.4 Å². The molecular formula is C24H28N2O4. The third-order valence-corrected chi connectivity index (χ3v) is 5.20. The molecule has 2 unspecified atom stereocenters. The second-order valence-corrected chi connectivity index (χ2v) is 7.74. The van der Waals surface area contributed by atoms with Crippen molar-refractivity contribution in [1.29, 1.82) is 0 Å². The minimum atomic E-state index is -0.785. The van der Waals surface area contributed by atoms with E-state index in [9.17, 15) is 9.59 Å². The van der Waals surface area contributed by atoms with Gasteiger partial charge in [0, 0.05) is 12.2 Å². The molecule has 0 saturated heterocycles. The number of carbonyl (C=O) groups excluding carboxylic acids is 2. The van der Waals surface area contributed by atoms with Gasteiger partial charge in [0.05, 0.1) is 6.04 Å². The summed E-state index contributed by atoms with van der Waals surface area (Å²) in [5, 5.41) is 0. The van der Waals surface area contributed by atoms with E-state index in [-0.39, 0.29) is 12.5 Å². The van der Waals surface area contributed by atoms with Crippen LogP contribution in [0.25, 0.3) is 0 Å². The maximum atomic E-state index is 13.1. The number of carbonyl (C=O) groups is 2. The molecule has 30 heavy (non-hydrogen) atoms. The van der Waals surface area contributed by atoms with Gasteiger partial charge >= 0.3 is 6.16 Å². The Bertz CT molecular complexity index is 941. The number of aryl methyl sites for hydroxylation is 1. The summed E-state index contributed by atoms with van der Waals surface area (Å²) in [4.78, 5) is 26.5. The monoisotopic (exact) mass is 408 g/mol. The van der Waals surface area contributed by atoms with Gasteiger partial charge in [-0.15, -0.1) is 0 Å². The van der Waals surface area contributed by atoms with Crippen molar-refractivity contribution < 1.29 is 19.1 Å². The van der Waals surface area contributed by atoms with Crippen molar-refractivity contribution >= 4 is 17.7 Å². The lowest BCUT2D eigenvalue weighted by Crippen LogP contribution is -2.48. The molecule has 0 bridgehead atoms. The van der Waals surface area contributed by atoms with E-state index in [2.05, 4.69) is 19.6 Å². The molecule has 0 fully saturated rings. The largest absolute Gasteiger partial charge is 0.514 e. The first-order valence-corrected chi connectivity index (χ1v) is 10.1. The second-order valence-electron chi connectivity index (χ2n) is 7.74. The molecule has 3 rings (SSSR count). The minimum Gasteiger partial charge on any atom is -0.430 e. The maximum absolute atomic E-state index is 13.1. The first-order chi connectivity index (χ1) is 14.4. The van der Waals surface area contributed by atoms with Gasteiger partial charge in [-0.2, -0.15) is 0 Å². The first kappa shape index (κ1) is 21.6. The lowest BCUT2D eigenvalue weighted by Gasteiger charge is -2.34. The molecule has 6 heteroatoms. The Morgan fingerprint density at radius 1 is 1.30 bits per heavy atom. The van der Waals surface area contributed by atoms with Gasteiger partial charge in [0.2, 0.25) is 5.91 Å². The van der Waals surface area contributed by atoms with Gasteiger partial charge < -0.3 is 20.1 Å². The van der Waals surface area contributed by atoms with Crippen LogP contribution in [0.1, 0.15) is 23.6 Å². The number of amides is 1. The Labute approximate surface area is 177 Å². The highest BCUT2D eigenvalue weighted by molar-refractivity contribution is 5.98. The van der Waals surface area contributed by atoms with Crippen LogP contribution in [0, 0.1) is 12.8 Å². The van der Waals surface area contributed by atoms with E-state index < -0.39 is 12.2 Å². The highest BCUT2D eigenvalue weighted by atomic mass is 16.7. The molecule has 1 aliphatic rings. The summed E-state index contributed by atoms with van der Waals surface area (Å²) in [7, 11) is 0. The normalized spacial score (nSPS) is 16.4. The SMILES string of the molecule is C=CCOC(=O)Oc1ccc(CC(N)C(=O)N2CC(C)Cc3ccccc32)c(C)c1. The number of nitrogens with two attached hydrogens (primary N) is 1. The number of fused-ring (bicyclic) bond motifs is 1. The van der Waals surface area contributed by atoms with E-state index in [1.807, 2.05) is 36.1 Å². The van der Waals surface area contributed by atoms with Crippen molar-refractivity contribution in [2.75, 3.05) is 18.1 Å². The summed E-state index contributed by atoms with van der Waals surface area (Å²) in [6.07, 6.45) is 2.05. The number of nitrogens with zero attached hydrogens (tertiary/aromatic N) is 1. The van der Waals surface area contributed by atoms with Crippen molar-refractivity contribution in [2.45, 2.75) is 32.7 Å². The number of hydrogen-bond donors (Lipinski definition) is 1. The van der Waals surface area contributed by atoms with E-state index in [1.165, 1.54) is 11.6 Å². The Kier molecular flexibility index (Phi) is 6.90. The van der Waals surface area contributed by atoms with Crippen LogP contribution in [0.15, 0.2) is 55.1 Å². The summed E-state index contributed by atoms with van der Waals surface area (Å²) in [5.74, 6) is 0.681. The molecule has 1 heterocycles. The third kappa shape index (κ3) is 5.07. The molecule has 0 saturated carbocycles. The molecule has 2 atom stereocenters. The molecule has 2 aromatic rings. The summed E-state index contributed by atoms with van der Waals surface area (Å²) in [5.41, 5.74) is 10.3. The van der Waals surface area contributed by atoms with Crippen LogP contribution in [0.5, 0.6) is 5.75 Å². The molecule has 0 aromatic heterocycles. The average molecular weight is 408 g/mol. The number of hydrogen-bond acceptors (Lipinski definition) is 5. The molecule has 0 aliphatic carbocycles. The Morgan fingerprint density at radius 2 is 2.07 bits per heavy atom. The van der Waals surface area contributed by atoms with E-state index in [1.54, 1.807) is 12.1 Å². The van der Waals surface area contributed by atoms with Gasteiger partial charge in [0.15, 0.2) is 0 Å². The Morgan fingerprint density at radius 3 is 2.80 bits per heavy atom. The van der Waals surface area contributed by atoms with E-state index in [0.29, 0.717) is 24.6 Å². The third-order valence-electron chi connectivity index (χ3n) is 5.20. The Balaban J connectivity index is 1.68. The zero-order valence-electron chi connectivity index (χ0n) is 17.5. The highest BCUT2D eigenvalue weighted by Gasteiger charge is 2.29. The zero-order chi connectivity index (χ0) is 21.7. The predicted molar refractivity (Wildman–Crippen MR) is 117 cm³/mol. The van der Waals surface area contributed by atoms with Crippen molar-refractivity contribution in [3.63, 3.8) is 0 Å². The number of ether oxygens (including phenoxy) is 2. The summed E-state index contributed by atoms with van der Waals surface area (Å²) >= 11 is 0. The van der Waals surface area contributed by atoms with Crippen molar-refractivity contribution in [2.24, 2.45) is 11.7 Å². The summed E-state index contributed by atoms with van der Waals surface area (Å²) in [6.45, 7) is 8.28. The average Bonchev–Trinajstić information content (AvgIpc) is 2.72. The molecule has 2 aromatic carbocycles. The van der Waals surface area contributed by atoms with Crippen LogP contribution in [0.2, 0.25) is 0 Å². The molecule has 1 amide bonds. The molecule has 2 N–H and O–H groups in total. The molecule has 6 nitrogen and oxygen atoms in total. The van der Waals surface area contributed by atoms with E-state index in [0.717, 1.165) is 23.2 Å². The first-order valence-electron chi connectivity index (χ1n) is 10.1. The van der Waals surface area contributed by atoms with Gasteiger partial charge in [0.25, 0.3) is 0 Å². The quantitative estimate of drug-likeness (QED) is 0.447. The van der Waals surface area contributed by atoms with Crippen LogP contribution in [-0.4, -0.2) is 31.3 Å². The predicted octanol–water partition coefficient (Wildman–Crippen LogP) is 3.79. The van der Waals surface area contributed by atoms with Crippen LogP contribution in [-0.2, 0) is 22.4 Å². The lowest BCUT2D eigenvalue weighted by atomic mass is 9.92. The fourth-order valence-corrected chi connectivity index (χ4v) is 3.74. The summed E-state index contributed by atoms with van der Waals surface area (Å²) < 4.78 is 9.95. The number of para-hydroxylation sites is 1. The van der Waals surface area contributed by atoms with E-state index >= 15 is 0 Å². The van der Waals surface area contributed by atoms with Gasteiger partial charge in [-0.1, -0.05) is 43.8 Å². The standard InChI is InChI=1S/C24H28N2O4/c1-4-11-29-24(28)30-20-10-9-18(17(3)13-20)14-21(25)23(27)26-15-16(2)12-19-7-5-6-8-22(19)26/h4-10,13,16,21H,1,11-12,14-15,25H2,2-3H3. The summed E-state index contributed by atoms with van der Waals surface area (Å²) in [6, 6.07) is 12.6. The molecular weight excluding hydrogens is 380 g/mol. The highest BCUT2D eigenvalue weighted by Crippen LogP contribution is 2.30. The number of rotatable bonds is 6. The van der Waals surface area contributed by atoms with Crippen molar-refractivity contribution in [3.8, 4) is 5.75 Å². The molecule has 0 spiro atoms. The van der Waals surface area contributed by atoms with Crippen molar-refractivity contribution in [3.05, 3.63) is 71.8 Å². The van der Waals surface area contributed by atoms with Gasteiger partial charge in [-0.25, -0.2) is 4.79 Å². The van der Waals surface area contributed by atoms with Gasteiger partial charge in [-0.05, 0) is 60.6 Å². The lowest BCUT2D eigenvalue weighted by molar-refractivity contribution is -0.120. The Hall–Kier alpha value is -3.12. The number of benzene rings is 2. The topological polar surface area (TPSA) is 81.9 Å². The van der Waals surface area contributed by atoms with E-state index in [4.69, 9.17) is 15.2 Å². The van der Waals surface area contributed by atoms with Crippen LogP contribution >= 0.6 is 0 Å².